The molecule has 1 unspecified atom stereocenters. The van der Waals surface area contributed by atoms with Gasteiger partial charge in [-0.1, -0.05) is 42.2 Å². The van der Waals surface area contributed by atoms with Crippen molar-refractivity contribution in [2.75, 3.05) is 0 Å². The zero-order chi connectivity index (χ0) is 13.8. The van der Waals surface area contributed by atoms with Gasteiger partial charge in [-0.3, -0.25) is 0 Å². The summed E-state index contributed by atoms with van der Waals surface area (Å²) < 4.78 is 14.7. The van der Waals surface area contributed by atoms with Crippen molar-refractivity contribution in [3.8, 4) is 0 Å². The molecule has 0 aliphatic carbocycles. The quantitative estimate of drug-likeness (QED) is 0.919. The van der Waals surface area contributed by atoms with Gasteiger partial charge in [-0.25, -0.2) is 4.39 Å². The normalized spacial score (nSPS) is 12.6. The van der Waals surface area contributed by atoms with Crippen LogP contribution in [0.3, 0.4) is 0 Å². The summed E-state index contributed by atoms with van der Waals surface area (Å²) in [5, 5.41) is 8.86. The molecule has 0 bridgehead atoms. The summed E-state index contributed by atoms with van der Waals surface area (Å²) in [6.07, 6.45) is 1.55. The third kappa shape index (κ3) is 3.75. The molecule has 0 spiro atoms. The SMILES string of the molecule is CCC(N)Cc1cccc(F)c1Sc1nnc(C)s1. The van der Waals surface area contributed by atoms with Gasteiger partial charge in [-0.15, -0.1) is 10.2 Å². The lowest BCUT2D eigenvalue weighted by atomic mass is 10.0. The van der Waals surface area contributed by atoms with Crippen LogP contribution in [0.1, 0.15) is 23.9 Å². The number of halogens is 1. The van der Waals surface area contributed by atoms with E-state index in [0.29, 0.717) is 11.3 Å². The van der Waals surface area contributed by atoms with E-state index < -0.39 is 0 Å². The molecule has 1 heterocycles. The molecule has 1 atom stereocenters. The third-order valence-electron chi connectivity index (χ3n) is 2.75. The lowest BCUT2D eigenvalue weighted by Gasteiger charge is -2.12. The number of benzene rings is 1. The molecule has 1 aromatic heterocycles. The predicted octanol–water partition coefficient (Wildman–Crippen LogP) is 3.42. The van der Waals surface area contributed by atoms with Gasteiger partial charge in [0.15, 0.2) is 4.34 Å². The number of hydrogen-bond donors (Lipinski definition) is 1. The van der Waals surface area contributed by atoms with Crippen molar-refractivity contribution in [1.82, 2.24) is 10.2 Å². The first kappa shape index (κ1) is 14.4. The molecule has 0 saturated carbocycles. The van der Waals surface area contributed by atoms with Crippen LogP contribution in [0.25, 0.3) is 0 Å². The van der Waals surface area contributed by atoms with Gasteiger partial charge in [0.05, 0.1) is 4.90 Å². The van der Waals surface area contributed by atoms with E-state index >= 15 is 0 Å². The Hall–Kier alpha value is -0.980. The van der Waals surface area contributed by atoms with Crippen molar-refractivity contribution >= 4 is 23.1 Å². The van der Waals surface area contributed by atoms with Crippen molar-refractivity contribution in [1.29, 1.82) is 0 Å². The van der Waals surface area contributed by atoms with E-state index in [1.807, 2.05) is 19.9 Å². The molecule has 0 aliphatic rings. The van der Waals surface area contributed by atoms with Crippen LogP contribution in [0.15, 0.2) is 27.4 Å². The maximum Gasteiger partial charge on any atom is 0.179 e. The number of aryl methyl sites for hydroxylation is 1. The zero-order valence-electron chi connectivity index (χ0n) is 10.9. The first-order valence-corrected chi connectivity index (χ1v) is 7.74. The van der Waals surface area contributed by atoms with E-state index in [2.05, 4.69) is 10.2 Å². The number of nitrogens with zero attached hydrogens (tertiary/aromatic N) is 2. The van der Waals surface area contributed by atoms with Crippen LogP contribution in [-0.4, -0.2) is 16.2 Å². The molecule has 0 fully saturated rings. The molecule has 102 valence electrons. The maximum atomic E-state index is 14.0. The molecule has 2 aromatic rings. The minimum absolute atomic E-state index is 0.0531. The molecule has 2 rings (SSSR count). The smallest absolute Gasteiger partial charge is 0.179 e. The highest BCUT2D eigenvalue weighted by atomic mass is 32.2. The Morgan fingerprint density at radius 2 is 2.21 bits per heavy atom. The molecule has 2 N–H and O–H groups in total. The van der Waals surface area contributed by atoms with Crippen LogP contribution >= 0.6 is 23.1 Å². The van der Waals surface area contributed by atoms with Crippen LogP contribution in [-0.2, 0) is 6.42 Å². The van der Waals surface area contributed by atoms with Gasteiger partial charge in [0.2, 0.25) is 0 Å². The van der Waals surface area contributed by atoms with E-state index in [1.54, 1.807) is 6.07 Å². The minimum Gasteiger partial charge on any atom is -0.327 e. The minimum atomic E-state index is -0.223. The molecule has 19 heavy (non-hydrogen) atoms. The van der Waals surface area contributed by atoms with E-state index in [0.717, 1.165) is 21.3 Å². The van der Waals surface area contributed by atoms with E-state index in [4.69, 9.17) is 5.73 Å². The first-order chi connectivity index (χ1) is 9.10. The number of aromatic nitrogens is 2. The van der Waals surface area contributed by atoms with Gasteiger partial charge in [0.25, 0.3) is 0 Å². The Morgan fingerprint density at radius 1 is 1.42 bits per heavy atom. The van der Waals surface area contributed by atoms with Gasteiger partial charge in [0, 0.05) is 6.04 Å². The Kier molecular flexibility index (Phi) is 4.90. The Labute approximate surface area is 120 Å². The fourth-order valence-corrected chi connectivity index (χ4v) is 3.56. The summed E-state index contributed by atoms with van der Waals surface area (Å²) >= 11 is 2.80. The summed E-state index contributed by atoms with van der Waals surface area (Å²) in [5.74, 6) is -0.223. The molecular weight excluding hydrogens is 281 g/mol. The highest BCUT2D eigenvalue weighted by Crippen LogP contribution is 2.34. The standard InChI is InChI=1S/C13H16FN3S2/c1-3-10(15)7-9-5-4-6-11(14)12(9)19-13-17-16-8(2)18-13/h4-6,10H,3,7,15H2,1-2H3. The summed E-state index contributed by atoms with van der Waals surface area (Å²) in [6.45, 7) is 3.92. The van der Waals surface area contributed by atoms with Crippen LogP contribution in [0.2, 0.25) is 0 Å². The van der Waals surface area contributed by atoms with Gasteiger partial charge < -0.3 is 5.73 Å². The lowest BCUT2D eigenvalue weighted by molar-refractivity contribution is 0.585. The highest BCUT2D eigenvalue weighted by Gasteiger charge is 2.14. The van der Waals surface area contributed by atoms with Crippen molar-refractivity contribution in [2.45, 2.75) is 42.0 Å². The van der Waals surface area contributed by atoms with Gasteiger partial charge in [0.1, 0.15) is 10.8 Å². The van der Waals surface area contributed by atoms with Crippen molar-refractivity contribution < 1.29 is 4.39 Å². The molecular formula is C13H16FN3S2. The molecule has 0 saturated heterocycles. The monoisotopic (exact) mass is 297 g/mol. The number of nitrogens with two attached hydrogens (primary N) is 1. The molecule has 0 aliphatic heterocycles. The largest absolute Gasteiger partial charge is 0.327 e. The van der Waals surface area contributed by atoms with Crippen LogP contribution in [0, 0.1) is 12.7 Å². The summed E-state index contributed by atoms with van der Waals surface area (Å²) in [6, 6.07) is 5.17. The topological polar surface area (TPSA) is 51.8 Å². The predicted molar refractivity (Wildman–Crippen MR) is 77.1 cm³/mol. The number of hydrogen-bond acceptors (Lipinski definition) is 5. The zero-order valence-corrected chi connectivity index (χ0v) is 12.5. The van der Waals surface area contributed by atoms with E-state index in [-0.39, 0.29) is 11.9 Å². The van der Waals surface area contributed by atoms with Gasteiger partial charge in [-0.2, -0.15) is 0 Å². The van der Waals surface area contributed by atoms with Crippen molar-refractivity contribution in [3.05, 3.63) is 34.6 Å². The Balaban J connectivity index is 2.27. The van der Waals surface area contributed by atoms with Crippen LogP contribution in [0.4, 0.5) is 4.39 Å². The molecule has 0 radical (unpaired) electrons. The van der Waals surface area contributed by atoms with E-state index in [1.165, 1.54) is 29.2 Å². The molecule has 3 nitrogen and oxygen atoms in total. The molecule has 0 amide bonds. The second kappa shape index (κ2) is 6.45. The number of rotatable bonds is 5. The Bertz CT molecular complexity index is 557. The molecule has 6 heteroatoms. The van der Waals surface area contributed by atoms with Gasteiger partial charge >= 0.3 is 0 Å². The third-order valence-corrected chi connectivity index (χ3v) is 4.80. The summed E-state index contributed by atoms with van der Waals surface area (Å²) in [4.78, 5) is 0.613. The highest BCUT2D eigenvalue weighted by molar-refractivity contribution is 8.01. The first-order valence-electron chi connectivity index (χ1n) is 6.11. The average Bonchev–Trinajstić information content (AvgIpc) is 2.79. The van der Waals surface area contributed by atoms with E-state index in [9.17, 15) is 4.39 Å². The lowest BCUT2D eigenvalue weighted by Crippen LogP contribution is -2.21. The average molecular weight is 297 g/mol. The Morgan fingerprint density at radius 3 is 2.84 bits per heavy atom. The van der Waals surface area contributed by atoms with Gasteiger partial charge in [-0.05, 0) is 31.4 Å². The summed E-state index contributed by atoms with van der Waals surface area (Å²) in [7, 11) is 0. The molecule has 1 aromatic carbocycles. The van der Waals surface area contributed by atoms with Crippen molar-refractivity contribution in [3.63, 3.8) is 0 Å². The second-order valence-electron chi connectivity index (χ2n) is 4.29. The second-order valence-corrected chi connectivity index (χ2v) is 6.73. The van der Waals surface area contributed by atoms with Crippen LogP contribution < -0.4 is 5.73 Å². The van der Waals surface area contributed by atoms with Crippen LogP contribution in [0.5, 0.6) is 0 Å². The summed E-state index contributed by atoms with van der Waals surface area (Å²) in [5.41, 5.74) is 6.90. The van der Waals surface area contributed by atoms with Crippen molar-refractivity contribution in [2.24, 2.45) is 5.73 Å². The fourth-order valence-electron chi connectivity index (χ4n) is 1.66. The maximum absolute atomic E-state index is 14.0. The fraction of sp³-hybridized carbons (Fsp3) is 0.385.